The number of carbonyl (C=O) groups excluding carboxylic acids is 1. The maximum absolute atomic E-state index is 12.8. The van der Waals surface area contributed by atoms with Crippen LogP contribution in [0.3, 0.4) is 0 Å². The molecular formula is C13H11FO2S. The lowest BCUT2D eigenvalue weighted by Crippen LogP contribution is -2.02. The number of carbonyl (C=O) groups is 1. The van der Waals surface area contributed by atoms with Crippen LogP contribution in [-0.4, -0.2) is 12.6 Å². The van der Waals surface area contributed by atoms with Crippen molar-refractivity contribution in [3.05, 3.63) is 47.1 Å². The molecule has 0 bridgehead atoms. The van der Waals surface area contributed by atoms with Gasteiger partial charge in [0.25, 0.3) is 0 Å². The van der Waals surface area contributed by atoms with E-state index in [2.05, 4.69) is 0 Å². The summed E-state index contributed by atoms with van der Waals surface area (Å²) in [6.45, 7) is 2.13. The van der Waals surface area contributed by atoms with Crippen LogP contribution in [-0.2, 0) is 4.74 Å². The van der Waals surface area contributed by atoms with Gasteiger partial charge < -0.3 is 4.74 Å². The van der Waals surface area contributed by atoms with Crippen LogP contribution in [0.2, 0.25) is 0 Å². The molecule has 0 amide bonds. The summed E-state index contributed by atoms with van der Waals surface area (Å²) in [6, 6.07) is 7.94. The third-order valence-electron chi connectivity index (χ3n) is 2.24. The minimum absolute atomic E-state index is 0.268. The van der Waals surface area contributed by atoms with E-state index in [9.17, 15) is 9.18 Å². The fourth-order valence-electron chi connectivity index (χ4n) is 1.42. The van der Waals surface area contributed by atoms with E-state index >= 15 is 0 Å². The molecule has 0 unspecified atom stereocenters. The van der Waals surface area contributed by atoms with Gasteiger partial charge in [0.05, 0.1) is 12.2 Å². The molecular weight excluding hydrogens is 239 g/mol. The molecule has 88 valence electrons. The standard InChI is InChI=1S/C13H11FO2S/c1-2-16-13(15)10-7-12(17-8-10)9-3-5-11(14)6-4-9/h3-8H,2H2,1H3. The highest BCUT2D eigenvalue weighted by Crippen LogP contribution is 2.27. The first-order valence-electron chi connectivity index (χ1n) is 5.22. The molecule has 4 heteroatoms. The zero-order chi connectivity index (χ0) is 12.3. The first-order chi connectivity index (χ1) is 8.20. The Morgan fingerprint density at radius 1 is 1.35 bits per heavy atom. The normalized spacial score (nSPS) is 10.2. The predicted molar refractivity (Wildman–Crippen MR) is 65.7 cm³/mol. The van der Waals surface area contributed by atoms with Crippen molar-refractivity contribution in [2.24, 2.45) is 0 Å². The van der Waals surface area contributed by atoms with Crippen LogP contribution in [0.1, 0.15) is 17.3 Å². The minimum atomic E-state index is -0.322. The van der Waals surface area contributed by atoms with Crippen LogP contribution in [0.25, 0.3) is 10.4 Å². The average Bonchev–Trinajstić information content (AvgIpc) is 2.80. The highest BCUT2D eigenvalue weighted by molar-refractivity contribution is 7.13. The van der Waals surface area contributed by atoms with Crippen LogP contribution in [0.4, 0.5) is 4.39 Å². The summed E-state index contributed by atoms with van der Waals surface area (Å²) < 4.78 is 17.7. The summed E-state index contributed by atoms with van der Waals surface area (Å²) in [7, 11) is 0. The lowest BCUT2D eigenvalue weighted by atomic mass is 10.1. The van der Waals surface area contributed by atoms with Crippen LogP contribution < -0.4 is 0 Å². The van der Waals surface area contributed by atoms with Crippen molar-refractivity contribution < 1.29 is 13.9 Å². The first-order valence-corrected chi connectivity index (χ1v) is 6.10. The molecule has 17 heavy (non-hydrogen) atoms. The van der Waals surface area contributed by atoms with Crippen molar-refractivity contribution in [1.29, 1.82) is 0 Å². The number of benzene rings is 1. The largest absolute Gasteiger partial charge is 0.462 e. The number of halogens is 1. The third-order valence-corrected chi connectivity index (χ3v) is 3.22. The van der Waals surface area contributed by atoms with Gasteiger partial charge in [-0.25, -0.2) is 9.18 Å². The van der Waals surface area contributed by atoms with Crippen LogP contribution in [0, 0.1) is 5.82 Å². The van der Waals surface area contributed by atoms with Gasteiger partial charge in [-0.2, -0.15) is 0 Å². The molecule has 2 aromatic rings. The molecule has 0 aliphatic carbocycles. The Bertz CT molecular complexity index is 516. The maximum Gasteiger partial charge on any atom is 0.338 e. The van der Waals surface area contributed by atoms with Crippen molar-refractivity contribution in [2.45, 2.75) is 6.92 Å². The van der Waals surface area contributed by atoms with Gasteiger partial charge in [-0.3, -0.25) is 0 Å². The van der Waals surface area contributed by atoms with E-state index in [0.717, 1.165) is 10.4 Å². The summed E-state index contributed by atoms with van der Waals surface area (Å²) in [6.07, 6.45) is 0. The number of hydrogen-bond acceptors (Lipinski definition) is 3. The van der Waals surface area contributed by atoms with Crippen molar-refractivity contribution >= 4 is 17.3 Å². The van der Waals surface area contributed by atoms with E-state index in [-0.39, 0.29) is 11.8 Å². The Morgan fingerprint density at radius 2 is 2.06 bits per heavy atom. The molecule has 0 saturated carbocycles. The van der Waals surface area contributed by atoms with Gasteiger partial charge in [0.15, 0.2) is 0 Å². The van der Waals surface area contributed by atoms with E-state index < -0.39 is 0 Å². The highest BCUT2D eigenvalue weighted by Gasteiger charge is 2.10. The van der Waals surface area contributed by atoms with E-state index in [0.29, 0.717) is 12.2 Å². The molecule has 0 atom stereocenters. The highest BCUT2D eigenvalue weighted by atomic mass is 32.1. The lowest BCUT2D eigenvalue weighted by molar-refractivity contribution is 0.0527. The van der Waals surface area contributed by atoms with Crippen molar-refractivity contribution in [3.8, 4) is 10.4 Å². The minimum Gasteiger partial charge on any atom is -0.462 e. The second-order valence-corrected chi connectivity index (χ2v) is 4.34. The summed E-state index contributed by atoms with van der Waals surface area (Å²) >= 11 is 1.44. The van der Waals surface area contributed by atoms with E-state index in [4.69, 9.17) is 4.74 Å². The SMILES string of the molecule is CCOC(=O)c1csc(-c2ccc(F)cc2)c1. The smallest absolute Gasteiger partial charge is 0.338 e. The first kappa shape index (κ1) is 11.8. The van der Waals surface area contributed by atoms with Gasteiger partial charge >= 0.3 is 5.97 Å². The molecule has 2 rings (SSSR count). The van der Waals surface area contributed by atoms with Crippen LogP contribution in [0.5, 0.6) is 0 Å². The van der Waals surface area contributed by atoms with Gasteiger partial charge in [0.1, 0.15) is 5.82 Å². The molecule has 1 aromatic heterocycles. The van der Waals surface area contributed by atoms with E-state index in [1.165, 1.54) is 23.5 Å². The molecule has 0 N–H and O–H groups in total. The molecule has 0 spiro atoms. The summed E-state index contributed by atoms with van der Waals surface area (Å²) in [5, 5.41) is 1.75. The molecule has 2 nitrogen and oxygen atoms in total. The van der Waals surface area contributed by atoms with Gasteiger partial charge in [-0.15, -0.1) is 11.3 Å². The number of esters is 1. The average molecular weight is 250 g/mol. The topological polar surface area (TPSA) is 26.3 Å². The number of rotatable bonds is 3. The Labute approximate surface area is 103 Å². The second kappa shape index (κ2) is 5.10. The van der Waals surface area contributed by atoms with Gasteiger partial charge in [0.2, 0.25) is 0 Å². The van der Waals surface area contributed by atoms with Gasteiger partial charge in [0, 0.05) is 10.3 Å². The van der Waals surface area contributed by atoms with Gasteiger partial charge in [-0.05, 0) is 30.7 Å². The number of ether oxygens (including phenoxy) is 1. The molecule has 0 aliphatic rings. The molecule has 0 saturated heterocycles. The van der Waals surface area contributed by atoms with Gasteiger partial charge in [-0.1, -0.05) is 12.1 Å². The van der Waals surface area contributed by atoms with Crippen LogP contribution >= 0.6 is 11.3 Å². The molecule has 0 fully saturated rings. The summed E-state index contributed by atoms with van der Waals surface area (Å²) in [4.78, 5) is 12.4. The lowest BCUT2D eigenvalue weighted by Gasteiger charge is -1.97. The Balaban J connectivity index is 2.23. The Morgan fingerprint density at radius 3 is 2.71 bits per heavy atom. The predicted octanol–water partition coefficient (Wildman–Crippen LogP) is 3.73. The van der Waals surface area contributed by atoms with Crippen LogP contribution in [0.15, 0.2) is 35.7 Å². The third kappa shape index (κ3) is 2.71. The fraction of sp³-hybridized carbons (Fsp3) is 0.154. The quantitative estimate of drug-likeness (QED) is 0.776. The Hall–Kier alpha value is -1.68. The zero-order valence-electron chi connectivity index (χ0n) is 9.27. The second-order valence-electron chi connectivity index (χ2n) is 3.43. The van der Waals surface area contributed by atoms with E-state index in [1.54, 1.807) is 30.5 Å². The van der Waals surface area contributed by atoms with Crippen molar-refractivity contribution in [2.75, 3.05) is 6.61 Å². The van der Waals surface area contributed by atoms with Crippen molar-refractivity contribution in [3.63, 3.8) is 0 Å². The zero-order valence-corrected chi connectivity index (χ0v) is 10.1. The van der Waals surface area contributed by atoms with E-state index in [1.807, 2.05) is 0 Å². The molecule has 1 aromatic carbocycles. The van der Waals surface area contributed by atoms with Crippen molar-refractivity contribution in [1.82, 2.24) is 0 Å². The number of thiophene rings is 1. The molecule has 1 heterocycles. The molecule has 0 radical (unpaired) electrons. The molecule has 0 aliphatic heterocycles. The monoisotopic (exact) mass is 250 g/mol. The number of hydrogen-bond donors (Lipinski definition) is 0. The summed E-state index contributed by atoms with van der Waals surface area (Å²) in [5.74, 6) is -0.590. The fourth-order valence-corrected chi connectivity index (χ4v) is 2.31. The summed E-state index contributed by atoms with van der Waals surface area (Å²) in [5.41, 5.74) is 1.43. The maximum atomic E-state index is 12.8. The Kier molecular flexibility index (Phi) is 3.54.